The van der Waals surface area contributed by atoms with E-state index in [1.54, 1.807) is 30.3 Å². The summed E-state index contributed by atoms with van der Waals surface area (Å²) in [6.45, 7) is 3.70. The molecule has 0 bridgehead atoms. The van der Waals surface area contributed by atoms with E-state index >= 15 is 0 Å². The van der Waals surface area contributed by atoms with Crippen LogP contribution in [0.1, 0.15) is 34.6 Å². The fraction of sp³-hybridized carbons (Fsp3) is 0.333. The Bertz CT molecular complexity index is 979. The Labute approximate surface area is 170 Å². The summed E-state index contributed by atoms with van der Waals surface area (Å²) < 4.78 is 38.0. The molecule has 1 heterocycles. The number of benzene rings is 2. The number of ether oxygens (including phenoxy) is 2. The Hall–Kier alpha value is -2.55. The third-order valence-corrected chi connectivity index (χ3v) is 6.35. The first-order valence-corrected chi connectivity index (χ1v) is 10.7. The second-order valence-corrected chi connectivity index (χ2v) is 8.91. The van der Waals surface area contributed by atoms with Gasteiger partial charge < -0.3 is 9.47 Å². The highest BCUT2D eigenvalue weighted by Crippen LogP contribution is 2.22. The first kappa shape index (κ1) is 21.2. The van der Waals surface area contributed by atoms with Crippen LogP contribution >= 0.6 is 0 Å². The monoisotopic (exact) mass is 417 g/mol. The first-order valence-electron chi connectivity index (χ1n) is 9.28. The largest absolute Gasteiger partial charge is 0.454 e. The zero-order chi connectivity index (χ0) is 21.0. The lowest BCUT2D eigenvalue weighted by molar-refractivity contribution is -0.0440. The summed E-state index contributed by atoms with van der Waals surface area (Å²) in [5.74, 6) is -1.09. The average Bonchev–Trinajstić information content (AvgIpc) is 2.71. The molecule has 2 aromatic rings. The number of hydrogen-bond acceptors (Lipinski definition) is 6. The summed E-state index contributed by atoms with van der Waals surface area (Å²) in [6, 6.07) is 14.1. The van der Waals surface area contributed by atoms with Gasteiger partial charge in [-0.25, -0.2) is 13.2 Å². The third kappa shape index (κ3) is 5.09. The molecule has 3 rings (SSSR count). The molecule has 7 nitrogen and oxygen atoms in total. The molecule has 1 fully saturated rings. The molecular formula is C21H23NO6S. The van der Waals surface area contributed by atoms with Gasteiger partial charge in [-0.1, -0.05) is 36.4 Å². The van der Waals surface area contributed by atoms with Crippen LogP contribution in [-0.4, -0.2) is 56.4 Å². The molecule has 2 aromatic carbocycles. The average molecular weight is 417 g/mol. The maximum absolute atomic E-state index is 13.0. The SMILES string of the molecule is C[C@H]1CN(S(=O)(=O)c2cccc(C(=O)OCC(=O)c3ccccc3)c2)C[C@H](C)O1. The van der Waals surface area contributed by atoms with Gasteiger partial charge in [-0.3, -0.25) is 4.79 Å². The highest BCUT2D eigenvalue weighted by Gasteiger charge is 2.32. The second-order valence-electron chi connectivity index (χ2n) is 6.97. The van der Waals surface area contributed by atoms with Crippen LogP contribution in [0.2, 0.25) is 0 Å². The van der Waals surface area contributed by atoms with Crippen LogP contribution in [0.15, 0.2) is 59.5 Å². The molecule has 8 heteroatoms. The summed E-state index contributed by atoms with van der Waals surface area (Å²) in [4.78, 5) is 24.4. The lowest BCUT2D eigenvalue weighted by Gasteiger charge is -2.34. The molecule has 0 unspecified atom stereocenters. The van der Waals surface area contributed by atoms with E-state index in [0.29, 0.717) is 5.56 Å². The van der Waals surface area contributed by atoms with Gasteiger partial charge in [-0.2, -0.15) is 4.31 Å². The van der Waals surface area contributed by atoms with Gasteiger partial charge in [0, 0.05) is 18.7 Å². The van der Waals surface area contributed by atoms with Gasteiger partial charge in [-0.05, 0) is 32.0 Å². The summed E-state index contributed by atoms with van der Waals surface area (Å²) in [5, 5.41) is 0. The molecule has 154 valence electrons. The maximum atomic E-state index is 13.0. The standard InChI is InChI=1S/C21H23NO6S/c1-15-12-22(13-16(2)28-15)29(25,26)19-10-6-9-18(11-19)21(24)27-14-20(23)17-7-4-3-5-8-17/h3-11,15-16H,12-14H2,1-2H3/t15-,16-/m0/s1. The van der Waals surface area contributed by atoms with Crippen LogP contribution in [0, 0.1) is 0 Å². The minimum absolute atomic E-state index is 0.00244. The molecular weight excluding hydrogens is 394 g/mol. The molecule has 1 aliphatic rings. The van der Waals surface area contributed by atoms with Crippen molar-refractivity contribution in [1.29, 1.82) is 0 Å². The Balaban J connectivity index is 1.71. The van der Waals surface area contributed by atoms with Crippen LogP contribution in [-0.2, 0) is 19.5 Å². The lowest BCUT2D eigenvalue weighted by atomic mass is 10.1. The Morgan fingerprint density at radius 2 is 1.62 bits per heavy atom. The van der Waals surface area contributed by atoms with Crippen molar-refractivity contribution in [2.24, 2.45) is 0 Å². The number of morpholine rings is 1. The van der Waals surface area contributed by atoms with Crippen LogP contribution < -0.4 is 0 Å². The van der Waals surface area contributed by atoms with E-state index in [0.717, 1.165) is 0 Å². The Kier molecular flexibility index (Phi) is 6.46. The van der Waals surface area contributed by atoms with Crippen LogP contribution in [0.5, 0.6) is 0 Å². The predicted octanol–water partition coefficient (Wildman–Crippen LogP) is 2.52. The van der Waals surface area contributed by atoms with Gasteiger partial charge in [-0.15, -0.1) is 0 Å². The minimum Gasteiger partial charge on any atom is -0.454 e. The summed E-state index contributed by atoms with van der Waals surface area (Å²) >= 11 is 0. The van der Waals surface area contributed by atoms with Crippen molar-refractivity contribution in [3.8, 4) is 0 Å². The van der Waals surface area contributed by atoms with Gasteiger partial charge in [0.1, 0.15) is 0 Å². The number of sulfonamides is 1. The van der Waals surface area contributed by atoms with Crippen molar-refractivity contribution < 1.29 is 27.5 Å². The first-order chi connectivity index (χ1) is 13.8. The number of carbonyl (C=O) groups is 2. The Morgan fingerprint density at radius 1 is 1.00 bits per heavy atom. The normalized spacial score (nSPS) is 20.2. The number of Topliss-reactive ketones (excluding diaryl/α,β-unsaturated/α-hetero) is 1. The van der Waals surface area contributed by atoms with Crippen LogP contribution in [0.25, 0.3) is 0 Å². The van der Waals surface area contributed by atoms with Gasteiger partial charge in [0.15, 0.2) is 12.4 Å². The summed E-state index contributed by atoms with van der Waals surface area (Å²) in [7, 11) is -3.78. The third-order valence-electron chi connectivity index (χ3n) is 4.52. The number of esters is 1. The second kappa shape index (κ2) is 8.86. The molecule has 0 N–H and O–H groups in total. The molecule has 0 spiro atoms. The molecule has 0 saturated carbocycles. The van der Waals surface area contributed by atoms with E-state index in [2.05, 4.69) is 0 Å². The van der Waals surface area contributed by atoms with Crippen LogP contribution in [0.3, 0.4) is 0 Å². The lowest BCUT2D eigenvalue weighted by Crippen LogP contribution is -2.48. The molecule has 0 radical (unpaired) electrons. The fourth-order valence-corrected chi connectivity index (χ4v) is 4.82. The quantitative estimate of drug-likeness (QED) is 0.530. The van der Waals surface area contributed by atoms with E-state index < -0.39 is 22.6 Å². The van der Waals surface area contributed by atoms with Crippen molar-refractivity contribution in [2.75, 3.05) is 19.7 Å². The topological polar surface area (TPSA) is 90.0 Å². The van der Waals surface area contributed by atoms with Crippen molar-refractivity contribution in [3.63, 3.8) is 0 Å². The van der Waals surface area contributed by atoms with Crippen molar-refractivity contribution in [2.45, 2.75) is 31.0 Å². The van der Waals surface area contributed by atoms with E-state index in [1.165, 1.54) is 28.6 Å². The molecule has 0 aliphatic carbocycles. The predicted molar refractivity (Wildman–Crippen MR) is 106 cm³/mol. The zero-order valence-electron chi connectivity index (χ0n) is 16.3. The summed E-state index contributed by atoms with van der Waals surface area (Å²) in [6.07, 6.45) is -0.434. The van der Waals surface area contributed by atoms with Crippen molar-refractivity contribution in [1.82, 2.24) is 4.31 Å². The number of rotatable bonds is 6. The number of carbonyl (C=O) groups excluding carboxylic acids is 2. The van der Waals surface area contributed by atoms with Crippen molar-refractivity contribution >= 4 is 21.8 Å². The molecule has 0 aromatic heterocycles. The number of nitrogens with zero attached hydrogens (tertiary/aromatic N) is 1. The van der Waals surface area contributed by atoms with E-state index in [1.807, 2.05) is 13.8 Å². The van der Waals surface area contributed by atoms with Gasteiger partial charge in [0.25, 0.3) is 0 Å². The van der Waals surface area contributed by atoms with Gasteiger partial charge in [0.05, 0.1) is 22.7 Å². The van der Waals surface area contributed by atoms with Gasteiger partial charge >= 0.3 is 5.97 Å². The number of hydrogen-bond donors (Lipinski definition) is 0. The highest BCUT2D eigenvalue weighted by molar-refractivity contribution is 7.89. The molecule has 29 heavy (non-hydrogen) atoms. The highest BCUT2D eigenvalue weighted by atomic mass is 32.2. The maximum Gasteiger partial charge on any atom is 0.338 e. The molecule has 1 saturated heterocycles. The molecule has 2 atom stereocenters. The fourth-order valence-electron chi connectivity index (χ4n) is 3.18. The van der Waals surface area contributed by atoms with E-state index in [9.17, 15) is 18.0 Å². The number of ketones is 1. The zero-order valence-corrected chi connectivity index (χ0v) is 17.1. The van der Waals surface area contributed by atoms with E-state index in [4.69, 9.17) is 9.47 Å². The molecule has 1 aliphatic heterocycles. The summed E-state index contributed by atoms with van der Waals surface area (Å²) in [5.41, 5.74) is 0.508. The smallest absolute Gasteiger partial charge is 0.338 e. The molecule has 0 amide bonds. The minimum atomic E-state index is -3.78. The Morgan fingerprint density at radius 3 is 2.28 bits per heavy atom. The van der Waals surface area contributed by atoms with Crippen LogP contribution in [0.4, 0.5) is 0 Å². The van der Waals surface area contributed by atoms with Crippen molar-refractivity contribution in [3.05, 3.63) is 65.7 Å². The van der Waals surface area contributed by atoms with Gasteiger partial charge in [0.2, 0.25) is 10.0 Å². The van der Waals surface area contributed by atoms with E-state index in [-0.39, 0.29) is 41.5 Å².